The van der Waals surface area contributed by atoms with Crippen LogP contribution in [0.15, 0.2) is 0 Å². The summed E-state index contributed by atoms with van der Waals surface area (Å²) in [5.41, 5.74) is 0. The molecular weight excluding hydrogens is 118 g/mol. The van der Waals surface area contributed by atoms with Gasteiger partial charge in [0.15, 0.2) is 0 Å². The topological polar surface area (TPSA) is 40.6 Å². The van der Waals surface area contributed by atoms with Crippen LogP contribution in [0.1, 0.15) is 0 Å². The Morgan fingerprint density at radius 1 is 1.33 bits per heavy atom. The number of hydrogen-bond acceptors (Lipinski definition) is 2. The molecule has 0 aromatic carbocycles. The van der Waals surface area contributed by atoms with Gasteiger partial charge in [-0.1, -0.05) is 0 Å². The first-order chi connectivity index (χ1) is 4.13. The number of imide groups is 1. The molecule has 1 aliphatic rings. The van der Waals surface area contributed by atoms with Gasteiger partial charge in [0.2, 0.25) is 21.9 Å². The molecule has 1 saturated heterocycles. The Morgan fingerprint density at radius 3 is 2.00 bits per heavy atom. The van der Waals surface area contributed by atoms with Gasteiger partial charge in [-0.3, -0.25) is 9.59 Å². The van der Waals surface area contributed by atoms with Gasteiger partial charge in [0.05, 0.1) is 6.54 Å². The second kappa shape index (κ2) is 1.79. The fourth-order valence-electron chi connectivity index (χ4n) is 0.739. The zero-order valence-corrected chi connectivity index (χ0v) is 5.42. The van der Waals surface area contributed by atoms with E-state index in [2.05, 4.69) is 0 Å². The second-order valence-electron chi connectivity index (χ2n) is 2.09. The van der Waals surface area contributed by atoms with Gasteiger partial charge >= 0.3 is 6.03 Å². The monoisotopic (exact) mass is 124 g/mol. The average Bonchev–Trinajstić information content (AvgIpc) is 1.98. The van der Waals surface area contributed by atoms with Crippen LogP contribution < -0.4 is 0 Å². The molecule has 3 amide bonds. The first kappa shape index (κ1) is 6.19. The van der Waals surface area contributed by atoms with E-state index in [1.165, 1.54) is 12.8 Å². The molecule has 0 bridgehead atoms. The molecule has 0 saturated carbocycles. The summed E-state index contributed by atoms with van der Waals surface area (Å²) >= 11 is 0. The van der Waals surface area contributed by atoms with E-state index in [0.717, 1.165) is 4.81 Å². The van der Waals surface area contributed by atoms with E-state index in [1.807, 2.05) is 0 Å². The Morgan fingerprint density at radius 2 is 1.89 bits per heavy atom. The molecule has 1 rings (SSSR count). The van der Waals surface area contributed by atoms with Crippen molar-refractivity contribution >= 4 is 27.9 Å². The summed E-state index contributed by atoms with van der Waals surface area (Å²) < 4.78 is 0. The average molecular weight is 124 g/mol. The van der Waals surface area contributed by atoms with Crippen molar-refractivity contribution in [2.45, 2.75) is 0 Å². The molecule has 1 fully saturated rings. The summed E-state index contributed by atoms with van der Waals surface area (Å²) in [7, 11) is 3.08. The molecule has 46 valence electrons. The smallest absolute Gasteiger partial charge is 0.301 e. The molecular formula is C3H6B2N2O2. The van der Waals surface area contributed by atoms with Gasteiger partial charge in [0, 0.05) is 0 Å². The van der Waals surface area contributed by atoms with Crippen LogP contribution in [0.5, 0.6) is 0 Å². The number of nitrogens with zero attached hydrogens (tertiary/aromatic N) is 2. The van der Waals surface area contributed by atoms with Crippen LogP contribution >= 0.6 is 0 Å². The molecule has 9 heavy (non-hydrogen) atoms. The Hall–Kier alpha value is -0.930. The summed E-state index contributed by atoms with van der Waals surface area (Å²) in [6.45, 7) is 0.218. The van der Waals surface area contributed by atoms with Crippen LogP contribution in [0.4, 0.5) is 4.79 Å². The fraction of sp³-hybridized carbons (Fsp3) is 0.333. The second-order valence-corrected chi connectivity index (χ2v) is 2.09. The molecule has 0 radical (unpaired) electrons. The maximum Gasteiger partial charge on any atom is 0.301 e. The van der Waals surface area contributed by atoms with Crippen LogP contribution in [0.2, 0.25) is 0 Å². The van der Waals surface area contributed by atoms with Crippen molar-refractivity contribution in [2.75, 3.05) is 6.54 Å². The van der Waals surface area contributed by atoms with Crippen molar-refractivity contribution in [1.29, 1.82) is 0 Å². The molecule has 0 unspecified atom stereocenters. The third-order valence-corrected chi connectivity index (χ3v) is 1.36. The lowest BCUT2D eigenvalue weighted by Gasteiger charge is -2.06. The molecule has 0 aliphatic carbocycles. The van der Waals surface area contributed by atoms with Crippen molar-refractivity contribution in [2.24, 2.45) is 0 Å². The van der Waals surface area contributed by atoms with Crippen molar-refractivity contribution in [3.8, 4) is 0 Å². The van der Waals surface area contributed by atoms with E-state index in [0.29, 0.717) is 0 Å². The maximum atomic E-state index is 10.7. The number of urea groups is 1. The number of hydrogen-bond donors (Lipinski definition) is 0. The van der Waals surface area contributed by atoms with Crippen LogP contribution in [0, 0.1) is 0 Å². The Balaban J connectivity index is 2.77. The molecule has 0 aromatic heterocycles. The molecule has 0 aromatic rings. The minimum atomic E-state index is -0.222. The molecule has 0 atom stereocenters. The van der Waals surface area contributed by atoms with Crippen LogP contribution in [0.25, 0.3) is 0 Å². The lowest BCUT2D eigenvalue weighted by molar-refractivity contribution is -0.122. The van der Waals surface area contributed by atoms with Gasteiger partial charge in [-0.2, -0.15) is 0 Å². The van der Waals surface area contributed by atoms with Crippen LogP contribution in [-0.2, 0) is 4.79 Å². The van der Waals surface area contributed by atoms with E-state index in [9.17, 15) is 9.59 Å². The summed E-state index contributed by atoms with van der Waals surface area (Å²) in [5, 5.41) is 0. The summed E-state index contributed by atoms with van der Waals surface area (Å²) in [6.07, 6.45) is 0. The molecule has 4 nitrogen and oxygen atoms in total. The predicted molar refractivity (Wildman–Crippen MR) is 36.0 cm³/mol. The largest absolute Gasteiger partial charge is 0.368 e. The normalized spacial score (nSPS) is 19.6. The SMILES string of the molecule is BN1CC(=O)N(B)C1=O. The standard InChI is InChI=1S/C3H6B2N2O2/c4-6-1-2(8)7(5)3(6)9/h1,4-5H2. The quantitative estimate of drug-likeness (QED) is 0.261. The Kier molecular flexibility index (Phi) is 1.23. The number of carbonyl (C=O) groups excluding carboxylic acids is 2. The van der Waals surface area contributed by atoms with Crippen molar-refractivity contribution in [1.82, 2.24) is 9.62 Å². The number of carbonyl (C=O) groups is 2. The lowest BCUT2D eigenvalue weighted by Crippen LogP contribution is -2.29. The van der Waals surface area contributed by atoms with Crippen molar-refractivity contribution < 1.29 is 9.59 Å². The minimum Gasteiger partial charge on any atom is -0.368 e. The minimum absolute atomic E-state index is 0.137. The van der Waals surface area contributed by atoms with Gasteiger partial charge < -0.3 is 9.62 Å². The Bertz CT molecular complexity index is 171. The van der Waals surface area contributed by atoms with Gasteiger partial charge in [0.25, 0.3) is 0 Å². The van der Waals surface area contributed by atoms with Gasteiger partial charge in [-0.15, -0.1) is 0 Å². The highest BCUT2D eigenvalue weighted by atomic mass is 16.2. The van der Waals surface area contributed by atoms with E-state index < -0.39 is 0 Å². The zero-order chi connectivity index (χ0) is 7.02. The highest BCUT2D eigenvalue weighted by molar-refractivity contribution is 6.32. The maximum absolute atomic E-state index is 10.7. The van der Waals surface area contributed by atoms with E-state index in [1.54, 1.807) is 7.98 Å². The molecule has 0 spiro atoms. The highest BCUT2D eigenvalue weighted by Gasteiger charge is 2.28. The van der Waals surface area contributed by atoms with Gasteiger partial charge in [-0.25, -0.2) is 0 Å². The van der Waals surface area contributed by atoms with E-state index in [4.69, 9.17) is 0 Å². The summed E-state index contributed by atoms with van der Waals surface area (Å²) in [5.74, 6) is -0.137. The molecule has 0 N–H and O–H groups in total. The van der Waals surface area contributed by atoms with E-state index >= 15 is 0 Å². The van der Waals surface area contributed by atoms with Crippen molar-refractivity contribution in [3.63, 3.8) is 0 Å². The molecule has 1 aliphatic heterocycles. The first-order valence-corrected chi connectivity index (χ1v) is 2.64. The lowest BCUT2D eigenvalue weighted by atomic mass is 10.3. The Labute approximate surface area is 54.7 Å². The first-order valence-electron chi connectivity index (χ1n) is 2.64. The summed E-state index contributed by atoms with van der Waals surface area (Å²) in [6, 6.07) is -0.222. The predicted octanol–water partition coefficient (Wildman–Crippen LogP) is -2.65. The van der Waals surface area contributed by atoms with Gasteiger partial charge in [0.1, 0.15) is 0 Å². The van der Waals surface area contributed by atoms with Crippen molar-refractivity contribution in [3.05, 3.63) is 0 Å². The number of amides is 3. The zero-order valence-electron chi connectivity index (χ0n) is 5.42. The number of rotatable bonds is 0. The molecule has 6 heteroatoms. The van der Waals surface area contributed by atoms with E-state index in [-0.39, 0.29) is 18.5 Å². The third-order valence-electron chi connectivity index (χ3n) is 1.36. The fourth-order valence-corrected chi connectivity index (χ4v) is 0.739. The highest BCUT2D eigenvalue weighted by Crippen LogP contribution is 2.01. The van der Waals surface area contributed by atoms with Crippen LogP contribution in [0.3, 0.4) is 0 Å². The van der Waals surface area contributed by atoms with Crippen LogP contribution in [-0.4, -0.2) is 44.1 Å². The third kappa shape index (κ3) is 0.800. The van der Waals surface area contributed by atoms with Gasteiger partial charge in [-0.05, 0) is 0 Å². The summed E-state index contributed by atoms with van der Waals surface area (Å²) in [4.78, 5) is 23.9. The molecule has 1 heterocycles.